The molecule has 2 fully saturated rings. The molecule has 1 amide bonds. The van der Waals surface area contributed by atoms with Gasteiger partial charge in [0.1, 0.15) is 0 Å². The van der Waals surface area contributed by atoms with E-state index < -0.39 is 0 Å². The number of benzene rings is 1. The Hall–Kier alpha value is -1.35. The summed E-state index contributed by atoms with van der Waals surface area (Å²) in [6.07, 6.45) is 7.01. The second-order valence-corrected chi connectivity index (χ2v) is 6.39. The molecular weight excluding hydrogens is 260 g/mol. The van der Waals surface area contributed by atoms with Crippen LogP contribution in [0, 0.1) is 5.92 Å². The van der Waals surface area contributed by atoms with Crippen LogP contribution >= 0.6 is 0 Å². The van der Waals surface area contributed by atoms with E-state index >= 15 is 0 Å². The van der Waals surface area contributed by atoms with Crippen LogP contribution in [0.15, 0.2) is 30.3 Å². The van der Waals surface area contributed by atoms with Crippen LogP contribution in [-0.4, -0.2) is 30.4 Å². The quantitative estimate of drug-likeness (QED) is 0.906. The van der Waals surface area contributed by atoms with Crippen molar-refractivity contribution in [3.63, 3.8) is 0 Å². The Kier molecular flexibility index (Phi) is 4.91. The monoisotopic (exact) mass is 286 g/mol. The van der Waals surface area contributed by atoms with E-state index in [1.54, 1.807) is 0 Å². The highest BCUT2D eigenvalue weighted by Gasteiger charge is 2.28. The number of carbonyl (C=O) groups excluding carboxylic acids is 1. The molecule has 3 rings (SSSR count). The van der Waals surface area contributed by atoms with Gasteiger partial charge in [0.2, 0.25) is 5.91 Å². The predicted octanol–water partition coefficient (Wildman–Crippen LogP) is 3.13. The maximum Gasteiger partial charge on any atom is 0.225 e. The average Bonchev–Trinajstić information content (AvgIpc) is 2.82. The van der Waals surface area contributed by atoms with Crippen LogP contribution in [0.3, 0.4) is 0 Å². The fraction of sp³-hybridized carbons (Fsp3) is 0.611. The van der Waals surface area contributed by atoms with Crippen molar-refractivity contribution in [1.82, 2.24) is 10.2 Å². The molecule has 1 unspecified atom stereocenters. The van der Waals surface area contributed by atoms with Gasteiger partial charge >= 0.3 is 0 Å². The van der Waals surface area contributed by atoms with Crippen molar-refractivity contribution in [2.45, 2.75) is 44.6 Å². The number of carbonyl (C=O) groups is 1. The lowest BCUT2D eigenvalue weighted by Crippen LogP contribution is -2.40. The maximum absolute atomic E-state index is 12.8. The molecule has 1 atom stereocenters. The molecule has 1 aromatic rings. The molecule has 1 N–H and O–H groups in total. The van der Waals surface area contributed by atoms with E-state index in [0.29, 0.717) is 5.91 Å². The molecular formula is C18H26N2O. The van der Waals surface area contributed by atoms with Gasteiger partial charge in [0.15, 0.2) is 0 Å². The summed E-state index contributed by atoms with van der Waals surface area (Å²) in [6, 6.07) is 10.8. The third-order valence-corrected chi connectivity index (χ3v) is 4.87. The molecule has 2 aliphatic rings. The number of amides is 1. The molecule has 114 valence electrons. The summed E-state index contributed by atoms with van der Waals surface area (Å²) >= 11 is 0. The van der Waals surface area contributed by atoms with Gasteiger partial charge in [0.25, 0.3) is 0 Å². The standard InChI is InChI=1S/C18H26N2O/c21-18(16-10-5-2-6-11-16)20-13-7-12-19-17(14-20)15-8-3-1-4-9-15/h1,3-4,8-9,16-17,19H,2,5-7,10-14H2. The van der Waals surface area contributed by atoms with Gasteiger partial charge in [-0.1, -0.05) is 49.6 Å². The second kappa shape index (κ2) is 7.08. The number of rotatable bonds is 2. The van der Waals surface area contributed by atoms with Gasteiger partial charge in [-0.25, -0.2) is 0 Å². The third kappa shape index (κ3) is 3.65. The number of hydrogen-bond acceptors (Lipinski definition) is 2. The van der Waals surface area contributed by atoms with E-state index in [4.69, 9.17) is 0 Å². The summed E-state index contributed by atoms with van der Waals surface area (Å²) in [5, 5.41) is 3.59. The van der Waals surface area contributed by atoms with E-state index in [0.717, 1.165) is 38.9 Å². The van der Waals surface area contributed by atoms with Crippen LogP contribution in [-0.2, 0) is 4.79 Å². The van der Waals surface area contributed by atoms with Crippen LogP contribution in [0.2, 0.25) is 0 Å². The van der Waals surface area contributed by atoms with Gasteiger partial charge in [-0.15, -0.1) is 0 Å². The number of nitrogens with one attached hydrogen (secondary N) is 1. The lowest BCUT2D eigenvalue weighted by Gasteiger charge is -2.30. The van der Waals surface area contributed by atoms with Gasteiger partial charge in [-0.2, -0.15) is 0 Å². The summed E-state index contributed by atoms with van der Waals surface area (Å²) in [4.78, 5) is 14.9. The molecule has 1 heterocycles. The third-order valence-electron chi connectivity index (χ3n) is 4.87. The van der Waals surface area contributed by atoms with Crippen LogP contribution in [0.25, 0.3) is 0 Å². The summed E-state index contributed by atoms with van der Waals surface area (Å²) in [5.41, 5.74) is 1.29. The molecule has 0 bridgehead atoms. The molecule has 3 heteroatoms. The van der Waals surface area contributed by atoms with Crippen molar-refractivity contribution in [3.8, 4) is 0 Å². The van der Waals surface area contributed by atoms with Crippen LogP contribution in [0.5, 0.6) is 0 Å². The Morgan fingerprint density at radius 2 is 1.81 bits per heavy atom. The second-order valence-electron chi connectivity index (χ2n) is 6.39. The highest BCUT2D eigenvalue weighted by atomic mass is 16.2. The lowest BCUT2D eigenvalue weighted by atomic mass is 9.88. The van der Waals surface area contributed by atoms with Gasteiger partial charge in [-0.05, 0) is 31.4 Å². The number of hydrogen-bond donors (Lipinski definition) is 1. The fourth-order valence-electron chi connectivity index (χ4n) is 3.64. The first-order valence-electron chi connectivity index (χ1n) is 8.42. The Morgan fingerprint density at radius 3 is 2.57 bits per heavy atom. The average molecular weight is 286 g/mol. The Bertz CT molecular complexity index is 454. The van der Waals surface area contributed by atoms with Gasteiger partial charge in [0, 0.05) is 25.0 Å². The summed E-state index contributed by atoms with van der Waals surface area (Å²) in [7, 11) is 0. The highest BCUT2D eigenvalue weighted by Crippen LogP contribution is 2.27. The normalized spacial score (nSPS) is 24.6. The number of nitrogens with zero attached hydrogens (tertiary/aromatic N) is 1. The Labute approximate surface area is 127 Å². The molecule has 1 saturated heterocycles. The van der Waals surface area contributed by atoms with E-state index in [-0.39, 0.29) is 12.0 Å². The Balaban J connectivity index is 1.68. The minimum absolute atomic E-state index is 0.279. The van der Waals surface area contributed by atoms with Crippen molar-refractivity contribution < 1.29 is 4.79 Å². The molecule has 1 aromatic carbocycles. The van der Waals surface area contributed by atoms with E-state index in [2.05, 4.69) is 34.5 Å². The summed E-state index contributed by atoms with van der Waals surface area (Å²) < 4.78 is 0. The zero-order chi connectivity index (χ0) is 14.5. The SMILES string of the molecule is O=C(C1CCCCC1)N1CCCNC(c2ccccc2)C1. The molecule has 0 aromatic heterocycles. The molecule has 21 heavy (non-hydrogen) atoms. The van der Waals surface area contributed by atoms with Crippen LogP contribution < -0.4 is 5.32 Å². The zero-order valence-corrected chi connectivity index (χ0v) is 12.8. The topological polar surface area (TPSA) is 32.3 Å². The van der Waals surface area contributed by atoms with Crippen molar-refractivity contribution in [3.05, 3.63) is 35.9 Å². The molecule has 1 aliphatic heterocycles. The summed E-state index contributed by atoms with van der Waals surface area (Å²) in [5.74, 6) is 0.688. The zero-order valence-electron chi connectivity index (χ0n) is 12.8. The van der Waals surface area contributed by atoms with Crippen molar-refractivity contribution in [2.75, 3.05) is 19.6 Å². The predicted molar refractivity (Wildman–Crippen MR) is 85.0 cm³/mol. The van der Waals surface area contributed by atoms with Crippen molar-refractivity contribution in [2.24, 2.45) is 5.92 Å². The minimum atomic E-state index is 0.279. The van der Waals surface area contributed by atoms with Crippen molar-refractivity contribution in [1.29, 1.82) is 0 Å². The van der Waals surface area contributed by atoms with Gasteiger partial charge in [-0.3, -0.25) is 4.79 Å². The molecule has 1 aliphatic carbocycles. The van der Waals surface area contributed by atoms with Gasteiger partial charge < -0.3 is 10.2 Å². The maximum atomic E-state index is 12.8. The molecule has 0 spiro atoms. The first-order valence-corrected chi connectivity index (χ1v) is 8.42. The lowest BCUT2D eigenvalue weighted by molar-refractivity contribution is -0.136. The minimum Gasteiger partial charge on any atom is -0.341 e. The van der Waals surface area contributed by atoms with Crippen LogP contribution in [0.4, 0.5) is 0 Å². The van der Waals surface area contributed by atoms with Crippen LogP contribution in [0.1, 0.15) is 50.1 Å². The highest BCUT2D eigenvalue weighted by molar-refractivity contribution is 5.79. The molecule has 0 radical (unpaired) electrons. The first kappa shape index (κ1) is 14.6. The largest absolute Gasteiger partial charge is 0.341 e. The van der Waals surface area contributed by atoms with E-state index in [1.807, 2.05) is 6.07 Å². The molecule has 1 saturated carbocycles. The first-order chi connectivity index (χ1) is 10.3. The van der Waals surface area contributed by atoms with E-state index in [1.165, 1.54) is 24.8 Å². The Morgan fingerprint density at radius 1 is 1.05 bits per heavy atom. The van der Waals surface area contributed by atoms with E-state index in [9.17, 15) is 4.79 Å². The van der Waals surface area contributed by atoms with Gasteiger partial charge in [0.05, 0.1) is 0 Å². The molecule has 3 nitrogen and oxygen atoms in total. The fourth-order valence-corrected chi connectivity index (χ4v) is 3.64. The smallest absolute Gasteiger partial charge is 0.225 e. The summed E-state index contributed by atoms with van der Waals surface area (Å²) in [6.45, 7) is 2.72. The van der Waals surface area contributed by atoms with Crippen molar-refractivity contribution >= 4 is 5.91 Å².